The van der Waals surface area contributed by atoms with Crippen LogP contribution in [0.2, 0.25) is 0 Å². The molecule has 106 valence electrons. The Hall–Kier alpha value is -1.63. The van der Waals surface area contributed by atoms with Crippen molar-refractivity contribution in [1.82, 2.24) is 5.32 Å². The molecule has 0 aliphatic rings. The number of benzene rings is 1. The van der Waals surface area contributed by atoms with Crippen molar-refractivity contribution in [3.05, 3.63) is 29.8 Å². The molecule has 0 atom stereocenters. The molecule has 0 radical (unpaired) electrons. The third-order valence-corrected chi connectivity index (χ3v) is 2.98. The van der Waals surface area contributed by atoms with Gasteiger partial charge in [0.15, 0.2) is 0 Å². The van der Waals surface area contributed by atoms with Crippen LogP contribution in [0.15, 0.2) is 29.2 Å². The third kappa shape index (κ3) is 5.25. The van der Waals surface area contributed by atoms with Crippen LogP contribution >= 0.6 is 0 Å². The average Bonchev–Trinajstić information content (AvgIpc) is 2.23. The van der Waals surface area contributed by atoms with E-state index in [2.05, 4.69) is 5.32 Å². The lowest BCUT2D eigenvalue weighted by molar-refractivity contribution is 0.0523. The van der Waals surface area contributed by atoms with Gasteiger partial charge in [0.25, 0.3) is 0 Å². The lowest BCUT2D eigenvalue weighted by Crippen LogP contribution is -2.32. The second-order valence-electron chi connectivity index (χ2n) is 4.90. The summed E-state index contributed by atoms with van der Waals surface area (Å²) in [7, 11) is -4.81. The lowest BCUT2D eigenvalue weighted by atomic mass is 10.2. The molecule has 1 aromatic carbocycles. The molecule has 1 rings (SSSR count). The molecule has 7 heteroatoms. The van der Waals surface area contributed by atoms with E-state index in [9.17, 15) is 17.1 Å². The normalized spacial score (nSPS) is 12.0. The average molecular weight is 289 g/mol. The van der Waals surface area contributed by atoms with Gasteiger partial charge in [0, 0.05) is 6.54 Å². The zero-order chi connectivity index (χ0) is 14.7. The Bertz CT molecular complexity index is 563. The third-order valence-electron chi connectivity index (χ3n) is 2.06. The number of ether oxygens (including phenoxy) is 1. The Morgan fingerprint density at radius 2 is 1.89 bits per heavy atom. The van der Waals surface area contributed by atoms with E-state index in [4.69, 9.17) is 4.74 Å². The van der Waals surface area contributed by atoms with Crippen LogP contribution in [-0.4, -0.2) is 20.1 Å². The maximum Gasteiger partial charge on any atom is 0.407 e. The summed E-state index contributed by atoms with van der Waals surface area (Å²) in [6.45, 7) is 4.97. The summed E-state index contributed by atoms with van der Waals surface area (Å²) in [5.74, 6) is 0. The summed E-state index contributed by atoms with van der Waals surface area (Å²) < 4.78 is 39.8. The van der Waals surface area contributed by atoms with E-state index < -0.39 is 26.8 Å². The first kappa shape index (κ1) is 15.4. The van der Waals surface area contributed by atoms with E-state index >= 15 is 0 Å². The molecule has 1 N–H and O–H groups in total. The van der Waals surface area contributed by atoms with E-state index in [-0.39, 0.29) is 12.1 Å². The molecule has 5 nitrogen and oxygen atoms in total. The number of nitrogens with one attached hydrogen (secondary N) is 1. The number of hydrogen-bond donors (Lipinski definition) is 1. The number of alkyl carbamates (subject to hydrolysis) is 1. The summed E-state index contributed by atoms with van der Waals surface area (Å²) in [5, 5.41) is 2.38. The summed E-state index contributed by atoms with van der Waals surface area (Å²) in [4.78, 5) is 11.0. The molecule has 0 saturated carbocycles. The van der Waals surface area contributed by atoms with Crippen molar-refractivity contribution in [2.75, 3.05) is 0 Å². The summed E-state index contributed by atoms with van der Waals surface area (Å²) in [5.41, 5.74) is -0.494. The molecule has 0 heterocycles. The molecule has 0 aliphatic carbocycles. The Labute approximate surface area is 112 Å². The maximum atomic E-state index is 13.0. The first-order chi connectivity index (χ1) is 8.59. The highest BCUT2D eigenvalue weighted by atomic mass is 32.3. The van der Waals surface area contributed by atoms with Crippen molar-refractivity contribution in [3.8, 4) is 0 Å². The Morgan fingerprint density at radius 1 is 1.32 bits per heavy atom. The monoisotopic (exact) mass is 289 g/mol. The molecule has 0 spiro atoms. The SMILES string of the molecule is CC(C)(C)OC(=O)NCc1ccccc1S(=O)(=O)F. The minimum Gasteiger partial charge on any atom is -0.444 e. The molecule has 0 aromatic heterocycles. The zero-order valence-corrected chi connectivity index (χ0v) is 11.8. The van der Waals surface area contributed by atoms with Gasteiger partial charge >= 0.3 is 16.3 Å². The number of halogens is 1. The first-order valence-corrected chi connectivity index (χ1v) is 6.97. The topological polar surface area (TPSA) is 72.5 Å². The maximum absolute atomic E-state index is 13.0. The molecule has 1 amide bonds. The molecule has 0 unspecified atom stereocenters. The fourth-order valence-corrected chi connectivity index (χ4v) is 2.06. The van der Waals surface area contributed by atoms with Crippen LogP contribution in [0.4, 0.5) is 8.68 Å². The van der Waals surface area contributed by atoms with Gasteiger partial charge in [0.1, 0.15) is 10.5 Å². The Balaban J connectivity index is 2.77. The van der Waals surface area contributed by atoms with Gasteiger partial charge in [0.05, 0.1) is 0 Å². The Morgan fingerprint density at radius 3 is 2.42 bits per heavy atom. The minimum atomic E-state index is -4.81. The van der Waals surface area contributed by atoms with E-state index in [0.29, 0.717) is 0 Å². The smallest absolute Gasteiger partial charge is 0.407 e. The van der Waals surface area contributed by atoms with E-state index in [0.717, 1.165) is 6.07 Å². The lowest BCUT2D eigenvalue weighted by Gasteiger charge is -2.19. The number of carbonyl (C=O) groups excluding carboxylic acids is 1. The molecule has 0 saturated heterocycles. The number of amides is 1. The van der Waals surface area contributed by atoms with Crippen LogP contribution in [-0.2, 0) is 21.5 Å². The fourth-order valence-electron chi connectivity index (χ4n) is 1.37. The molecular weight excluding hydrogens is 273 g/mol. The van der Waals surface area contributed by atoms with Gasteiger partial charge in [-0.25, -0.2) is 4.79 Å². The van der Waals surface area contributed by atoms with Crippen LogP contribution in [0.5, 0.6) is 0 Å². The van der Waals surface area contributed by atoms with Crippen LogP contribution in [0.25, 0.3) is 0 Å². The quantitative estimate of drug-likeness (QED) is 0.867. The van der Waals surface area contributed by atoms with Crippen molar-refractivity contribution in [2.45, 2.75) is 37.8 Å². The van der Waals surface area contributed by atoms with Gasteiger partial charge in [0.2, 0.25) is 0 Å². The number of carbonyl (C=O) groups is 1. The molecule has 19 heavy (non-hydrogen) atoms. The molecule has 0 bridgehead atoms. The Kier molecular flexibility index (Phi) is 4.52. The van der Waals surface area contributed by atoms with Gasteiger partial charge in [-0.3, -0.25) is 0 Å². The van der Waals surface area contributed by atoms with Crippen LogP contribution in [0, 0.1) is 0 Å². The van der Waals surface area contributed by atoms with E-state index in [1.54, 1.807) is 26.8 Å². The zero-order valence-electron chi connectivity index (χ0n) is 10.9. The van der Waals surface area contributed by atoms with Gasteiger partial charge in [-0.2, -0.15) is 8.42 Å². The first-order valence-electron chi connectivity index (χ1n) is 5.59. The largest absolute Gasteiger partial charge is 0.444 e. The fraction of sp³-hybridized carbons (Fsp3) is 0.417. The predicted octanol–water partition coefficient (Wildman–Crippen LogP) is 2.37. The van der Waals surface area contributed by atoms with Gasteiger partial charge in [-0.05, 0) is 32.4 Å². The predicted molar refractivity (Wildman–Crippen MR) is 67.8 cm³/mol. The highest BCUT2D eigenvalue weighted by Gasteiger charge is 2.19. The highest BCUT2D eigenvalue weighted by molar-refractivity contribution is 7.86. The van der Waals surface area contributed by atoms with Crippen molar-refractivity contribution >= 4 is 16.3 Å². The van der Waals surface area contributed by atoms with Gasteiger partial charge in [-0.1, -0.05) is 18.2 Å². The van der Waals surface area contributed by atoms with E-state index in [1.807, 2.05) is 0 Å². The molecule has 0 aliphatic heterocycles. The van der Waals surface area contributed by atoms with E-state index in [1.165, 1.54) is 12.1 Å². The van der Waals surface area contributed by atoms with Crippen LogP contribution < -0.4 is 5.32 Å². The van der Waals surface area contributed by atoms with Crippen molar-refractivity contribution in [1.29, 1.82) is 0 Å². The summed E-state index contributed by atoms with van der Waals surface area (Å²) >= 11 is 0. The standard InChI is InChI=1S/C12H16FNO4S/c1-12(2,3)18-11(15)14-8-9-6-4-5-7-10(9)19(13,16)17/h4-7H,8H2,1-3H3,(H,14,15). The summed E-state index contributed by atoms with van der Waals surface area (Å²) in [6.07, 6.45) is -0.696. The molecule has 1 aromatic rings. The van der Waals surface area contributed by atoms with Crippen LogP contribution in [0.1, 0.15) is 26.3 Å². The highest BCUT2D eigenvalue weighted by Crippen LogP contribution is 2.17. The van der Waals surface area contributed by atoms with Gasteiger partial charge in [-0.15, -0.1) is 3.89 Å². The second kappa shape index (κ2) is 5.56. The molecular formula is C12H16FNO4S. The molecule has 0 fully saturated rings. The van der Waals surface area contributed by atoms with Crippen LogP contribution in [0.3, 0.4) is 0 Å². The number of hydrogen-bond acceptors (Lipinski definition) is 4. The second-order valence-corrected chi connectivity index (χ2v) is 6.22. The number of rotatable bonds is 3. The van der Waals surface area contributed by atoms with Crippen molar-refractivity contribution < 1.29 is 21.8 Å². The van der Waals surface area contributed by atoms with Crippen molar-refractivity contribution in [2.24, 2.45) is 0 Å². The van der Waals surface area contributed by atoms with Crippen molar-refractivity contribution in [3.63, 3.8) is 0 Å². The summed E-state index contributed by atoms with van der Waals surface area (Å²) in [6, 6.07) is 5.52. The minimum absolute atomic E-state index is 0.131. The van der Waals surface area contributed by atoms with Gasteiger partial charge < -0.3 is 10.1 Å².